The number of morpholine rings is 1. The first-order valence-corrected chi connectivity index (χ1v) is 11.9. The van der Waals surface area contributed by atoms with Crippen LogP contribution in [0.3, 0.4) is 0 Å². The maximum Gasteiger partial charge on any atom is 0.240 e. The third-order valence-electron chi connectivity index (χ3n) is 4.99. The molecule has 0 saturated carbocycles. The Kier molecular flexibility index (Phi) is 6.01. The molecular formula is C21H22N6O2S2. The van der Waals surface area contributed by atoms with E-state index in [0.29, 0.717) is 31.5 Å². The van der Waals surface area contributed by atoms with E-state index in [-0.39, 0.29) is 5.25 Å². The predicted octanol–water partition coefficient (Wildman–Crippen LogP) is 4.13. The Balaban J connectivity index is 1.40. The van der Waals surface area contributed by atoms with E-state index >= 15 is 0 Å². The molecule has 31 heavy (non-hydrogen) atoms. The molecule has 0 bridgehead atoms. The predicted molar refractivity (Wildman–Crippen MR) is 120 cm³/mol. The molecule has 4 heterocycles. The van der Waals surface area contributed by atoms with Gasteiger partial charge in [-0.15, -0.1) is 21.5 Å². The Morgan fingerprint density at radius 3 is 2.71 bits per heavy atom. The summed E-state index contributed by atoms with van der Waals surface area (Å²) in [6.07, 6.45) is 0. The van der Waals surface area contributed by atoms with Gasteiger partial charge in [0.25, 0.3) is 0 Å². The highest BCUT2D eigenvalue weighted by atomic mass is 32.2. The molecule has 1 aromatic carbocycles. The van der Waals surface area contributed by atoms with Gasteiger partial charge in [0.15, 0.2) is 5.16 Å². The average molecular weight is 455 g/mol. The van der Waals surface area contributed by atoms with Crippen LogP contribution < -0.4 is 4.90 Å². The second kappa shape index (κ2) is 9.21. The molecule has 1 saturated heterocycles. The lowest BCUT2D eigenvalue weighted by molar-refractivity contribution is 0.121. The van der Waals surface area contributed by atoms with Crippen molar-refractivity contribution >= 4 is 29.0 Å². The summed E-state index contributed by atoms with van der Waals surface area (Å²) >= 11 is 3.17. The number of thiophene rings is 1. The van der Waals surface area contributed by atoms with Crippen molar-refractivity contribution in [1.82, 2.24) is 24.9 Å². The largest absolute Gasteiger partial charge is 0.378 e. The normalized spacial score (nSPS) is 15.3. The fraction of sp³-hybridized carbons (Fsp3) is 0.333. The zero-order valence-electron chi connectivity index (χ0n) is 17.0. The van der Waals surface area contributed by atoms with Gasteiger partial charge in [-0.2, -0.15) is 4.98 Å². The van der Waals surface area contributed by atoms with Gasteiger partial charge in [0.2, 0.25) is 17.7 Å². The maximum absolute atomic E-state index is 5.54. The summed E-state index contributed by atoms with van der Waals surface area (Å²) in [5.41, 5.74) is 1.20. The fourth-order valence-corrected chi connectivity index (χ4v) is 4.91. The van der Waals surface area contributed by atoms with E-state index in [2.05, 4.69) is 41.9 Å². The summed E-state index contributed by atoms with van der Waals surface area (Å²) in [5.74, 6) is 2.07. The summed E-state index contributed by atoms with van der Waals surface area (Å²) < 4.78 is 13.2. The first-order chi connectivity index (χ1) is 15.3. The maximum atomic E-state index is 5.54. The van der Waals surface area contributed by atoms with E-state index in [1.54, 1.807) is 23.1 Å². The molecule has 1 aliphatic heterocycles. The van der Waals surface area contributed by atoms with Gasteiger partial charge in [-0.25, -0.2) is 0 Å². The van der Waals surface area contributed by atoms with Gasteiger partial charge in [-0.05, 0) is 23.9 Å². The molecule has 3 aromatic heterocycles. The Bertz CT molecular complexity index is 1110. The number of thioether (sulfide) groups is 1. The minimum atomic E-state index is -0.0579. The second-order valence-electron chi connectivity index (χ2n) is 7.15. The third-order valence-corrected chi connectivity index (χ3v) is 6.92. The first kappa shape index (κ1) is 20.2. The zero-order chi connectivity index (χ0) is 21.0. The molecule has 8 nitrogen and oxygen atoms in total. The summed E-state index contributed by atoms with van der Waals surface area (Å²) in [6.45, 7) is 5.75. The number of ether oxygens (including phenoxy) is 1. The number of benzene rings is 1. The standard InChI is InChI=1S/C21H22N6O2S2/c1-15(19-22-18(25-29-19)17-8-5-13-30-17)31-21-24-23-20(26-9-11-28-12-10-26)27(21)14-16-6-3-2-4-7-16/h2-8,13,15H,9-12,14H2,1H3. The molecular weight excluding hydrogens is 432 g/mol. The van der Waals surface area contributed by atoms with Gasteiger partial charge < -0.3 is 14.2 Å². The van der Waals surface area contributed by atoms with E-state index < -0.39 is 0 Å². The molecule has 1 atom stereocenters. The van der Waals surface area contributed by atoms with Crippen molar-refractivity contribution in [3.63, 3.8) is 0 Å². The summed E-state index contributed by atoms with van der Waals surface area (Å²) in [7, 11) is 0. The summed E-state index contributed by atoms with van der Waals surface area (Å²) in [6, 6.07) is 14.3. The van der Waals surface area contributed by atoms with Crippen molar-refractivity contribution in [2.24, 2.45) is 0 Å². The minimum absolute atomic E-state index is 0.0579. The Morgan fingerprint density at radius 1 is 1.10 bits per heavy atom. The van der Waals surface area contributed by atoms with Gasteiger partial charge in [-0.1, -0.05) is 53.3 Å². The van der Waals surface area contributed by atoms with Crippen molar-refractivity contribution in [3.05, 3.63) is 59.3 Å². The van der Waals surface area contributed by atoms with Gasteiger partial charge in [0.05, 0.1) is 29.9 Å². The number of hydrogen-bond acceptors (Lipinski definition) is 9. The number of nitrogens with zero attached hydrogens (tertiary/aromatic N) is 6. The van der Waals surface area contributed by atoms with Crippen molar-refractivity contribution in [1.29, 1.82) is 0 Å². The fourth-order valence-electron chi connectivity index (χ4n) is 3.38. The molecule has 1 fully saturated rings. The Hall–Kier alpha value is -2.69. The molecule has 5 rings (SSSR count). The molecule has 4 aromatic rings. The van der Waals surface area contributed by atoms with E-state index in [1.165, 1.54) is 5.56 Å². The van der Waals surface area contributed by atoms with Gasteiger partial charge in [-0.3, -0.25) is 4.57 Å². The van der Waals surface area contributed by atoms with Crippen molar-refractivity contribution < 1.29 is 9.26 Å². The molecule has 0 aliphatic carbocycles. The average Bonchev–Trinajstić information content (AvgIpc) is 3.57. The number of hydrogen-bond donors (Lipinski definition) is 0. The number of aromatic nitrogens is 5. The SMILES string of the molecule is CC(Sc1nnc(N2CCOCC2)n1Cc1ccccc1)c1nc(-c2cccs2)no1. The summed E-state index contributed by atoms with van der Waals surface area (Å²) in [5, 5.41) is 15.9. The molecule has 0 radical (unpaired) electrons. The van der Waals surface area contributed by atoms with Crippen molar-refractivity contribution in [2.45, 2.75) is 23.9 Å². The molecule has 160 valence electrons. The van der Waals surface area contributed by atoms with E-state index in [9.17, 15) is 0 Å². The third kappa shape index (κ3) is 4.51. The smallest absolute Gasteiger partial charge is 0.240 e. The number of rotatable bonds is 7. The lowest BCUT2D eigenvalue weighted by Crippen LogP contribution is -2.38. The van der Waals surface area contributed by atoms with Gasteiger partial charge in [0, 0.05) is 13.1 Å². The Morgan fingerprint density at radius 2 is 1.94 bits per heavy atom. The first-order valence-electron chi connectivity index (χ1n) is 10.1. The van der Waals surface area contributed by atoms with Crippen LogP contribution in [-0.4, -0.2) is 51.2 Å². The van der Waals surface area contributed by atoms with Gasteiger partial charge >= 0.3 is 0 Å². The van der Waals surface area contributed by atoms with Crippen LogP contribution in [0.25, 0.3) is 10.7 Å². The van der Waals surface area contributed by atoms with Crippen LogP contribution in [0.4, 0.5) is 5.95 Å². The second-order valence-corrected chi connectivity index (χ2v) is 9.40. The molecule has 0 spiro atoms. The van der Waals surface area contributed by atoms with Crippen molar-refractivity contribution in [2.75, 3.05) is 31.2 Å². The number of anilines is 1. The van der Waals surface area contributed by atoms with Gasteiger partial charge in [0.1, 0.15) is 0 Å². The van der Waals surface area contributed by atoms with Crippen molar-refractivity contribution in [3.8, 4) is 10.7 Å². The molecule has 1 aliphatic rings. The van der Waals surface area contributed by atoms with E-state index in [4.69, 9.17) is 9.26 Å². The highest BCUT2D eigenvalue weighted by Crippen LogP contribution is 2.36. The van der Waals surface area contributed by atoms with Crippen LogP contribution in [-0.2, 0) is 11.3 Å². The lowest BCUT2D eigenvalue weighted by atomic mass is 10.2. The molecule has 0 amide bonds. The van der Waals surface area contributed by atoms with Crippen LogP contribution in [0.1, 0.15) is 23.6 Å². The highest BCUT2D eigenvalue weighted by molar-refractivity contribution is 7.99. The van der Waals surface area contributed by atoms with E-state index in [1.807, 2.05) is 42.6 Å². The van der Waals surface area contributed by atoms with Crippen LogP contribution in [0.15, 0.2) is 57.5 Å². The van der Waals surface area contributed by atoms with Crippen LogP contribution in [0.2, 0.25) is 0 Å². The summed E-state index contributed by atoms with van der Waals surface area (Å²) in [4.78, 5) is 7.81. The molecule has 1 unspecified atom stereocenters. The quantitative estimate of drug-likeness (QED) is 0.386. The zero-order valence-corrected chi connectivity index (χ0v) is 18.7. The minimum Gasteiger partial charge on any atom is -0.378 e. The molecule has 0 N–H and O–H groups in total. The monoisotopic (exact) mass is 454 g/mol. The highest BCUT2D eigenvalue weighted by Gasteiger charge is 2.24. The van der Waals surface area contributed by atoms with Crippen LogP contribution in [0, 0.1) is 0 Å². The van der Waals surface area contributed by atoms with Crippen LogP contribution in [0.5, 0.6) is 0 Å². The lowest BCUT2D eigenvalue weighted by Gasteiger charge is -2.28. The molecule has 10 heteroatoms. The topological polar surface area (TPSA) is 82.1 Å². The van der Waals surface area contributed by atoms with E-state index in [0.717, 1.165) is 29.1 Å². The Labute approximate surface area is 188 Å². The van der Waals surface area contributed by atoms with Crippen LogP contribution >= 0.6 is 23.1 Å².